The molecule has 1 fully saturated rings. The molecule has 1 aliphatic rings. The minimum absolute atomic E-state index is 0.0293. The normalized spacial score (nSPS) is 18.1. The zero-order valence-electron chi connectivity index (χ0n) is 19.0. The molecule has 0 unspecified atom stereocenters. The largest absolute Gasteiger partial charge is 0.497 e. The van der Waals surface area contributed by atoms with E-state index in [0.717, 1.165) is 23.1 Å². The number of hydrogen-bond donors (Lipinski definition) is 1. The van der Waals surface area contributed by atoms with Crippen LogP contribution in [0.4, 0.5) is 0 Å². The van der Waals surface area contributed by atoms with Crippen molar-refractivity contribution in [3.8, 4) is 5.75 Å². The third kappa shape index (κ3) is 4.36. The van der Waals surface area contributed by atoms with E-state index in [2.05, 4.69) is 57.9 Å². The molecule has 2 atom stereocenters. The summed E-state index contributed by atoms with van der Waals surface area (Å²) < 4.78 is 13.0. The smallest absolute Gasteiger partial charge is 0.170 e. The Labute approximate surface area is 195 Å². The van der Waals surface area contributed by atoms with E-state index in [9.17, 15) is 0 Å². The maximum absolute atomic E-state index is 5.83. The van der Waals surface area contributed by atoms with Crippen LogP contribution in [0, 0.1) is 13.8 Å². The van der Waals surface area contributed by atoms with Crippen LogP contribution in [0.5, 0.6) is 5.75 Å². The van der Waals surface area contributed by atoms with E-state index in [4.69, 9.17) is 21.7 Å². The first kappa shape index (κ1) is 22.3. The number of benzene rings is 1. The average molecular weight is 451 g/mol. The Morgan fingerprint density at radius 2 is 1.88 bits per heavy atom. The highest BCUT2D eigenvalue weighted by molar-refractivity contribution is 7.80. The topological polar surface area (TPSA) is 51.5 Å². The van der Waals surface area contributed by atoms with Crippen molar-refractivity contribution in [2.45, 2.75) is 39.0 Å². The van der Waals surface area contributed by atoms with E-state index in [1.165, 1.54) is 22.5 Å². The van der Waals surface area contributed by atoms with Crippen LogP contribution >= 0.6 is 12.2 Å². The Morgan fingerprint density at radius 3 is 2.53 bits per heavy atom. The lowest BCUT2D eigenvalue weighted by Gasteiger charge is -2.28. The maximum atomic E-state index is 5.83. The van der Waals surface area contributed by atoms with Crippen molar-refractivity contribution in [2.24, 2.45) is 0 Å². The summed E-state index contributed by atoms with van der Waals surface area (Å²) in [6.07, 6.45) is 1.84. The van der Waals surface area contributed by atoms with Crippen LogP contribution < -0.4 is 10.1 Å². The van der Waals surface area contributed by atoms with Crippen molar-refractivity contribution in [3.63, 3.8) is 0 Å². The van der Waals surface area contributed by atoms with Gasteiger partial charge in [-0.1, -0.05) is 18.2 Å². The molecule has 0 spiro atoms. The lowest BCUT2D eigenvalue weighted by molar-refractivity contribution is 0.186. The Kier molecular flexibility index (Phi) is 6.77. The van der Waals surface area contributed by atoms with Crippen molar-refractivity contribution in [2.75, 3.05) is 20.8 Å². The Morgan fingerprint density at radius 1 is 1.09 bits per heavy atom. The quantitative estimate of drug-likeness (QED) is 0.516. The molecular weight excluding hydrogens is 420 g/mol. The second-order valence-corrected chi connectivity index (χ2v) is 8.46. The van der Waals surface area contributed by atoms with Crippen molar-refractivity contribution in [1.29, 1.82) is 0 Å². The SMILES string of the molecule is COCCn1c(C)cc([C@H]2[C@H](c3ccccn3)NC(=S)N2Cc2ccc(OC)cc2)c1C. The minimum atomic E-state index is -0.0293. The van der Waals surface area contributed by atoms with Crippen LogP contribution in [0.15, 0.2) is 54.7 Å². The third-order valence-corrected chi connectivity index (χ3v) is 6.51. The fourth-order valence-electron chi connectivity index (χ4n) is 4.50. The summed E-state index contributed by atoms with van der Waals surface area (Å²) >= 11 is 5.83. The Balaban J connectivity index is 1.74. The van der Waals surface area contributed by atoms with Crippen LogP contribution in [0.25, 0.3) is 0 Å². The highest BCUT2D eigenvalue weighted by atomic mass is 32.1. The van der Waals surface area contributed by atoms with Crippen molar-refractivity contribution < 1.29 is 9.47 Å². The number of pyridine rings is 1. The zero-order chi connectivity index (χ0) is 22.7. The van der Waals surface area contributed by atoms with Gasteiger partial charge in [0.1, 0.15) is 5.75 Å². The molecule has 6 nitrogen and oxygen atoms in total. The van der Waals surface area contributed by atoms with Crippen LogP contribution in [-0.2, 0) is 17.8 Å². The fourth-order valence-corrected chi connectivity index (χ4v) is 4.80. The van der Waals surface area contributed by atoms with Crippen LogP contribution in [0.3, 0.4) is 0 Å². The molecule has 4 rings (SSSR count). The second kappa shape index (κ2) is 9.71. The summed E-state index contributed by atoms with van der Waals surface area (Å²) in [6, 6.07) is 16.5. The summed E-state index contributed by atoms with van der Waals surface area (Å²) in [7, 11) is 3.42. The Bertz CT molecular complexity index is 1070. The fraction of sp³-hybridized carbons (Fsp3) is 0.360. The number of nitrogens with zero attached hydrogens (tertiary/aromatic N) is 3. The first-order valence-electron chi connectivity index (χ1n) is 10.8. The summed E-state index contributed by atoms with van der Waals surface area (Å²) in [6.45, 7) is 6.53. The first-order chi connectivity index (χ1) is 15.5. The molecule has 1 N–H and O–H groups in total. The number of hydrogen-bond acceptors (Lipinski definition) is 4. The van der Waals surface area contributed by atoms with Crippen LogP contribution in [0.2, 0.25) is 0 Å². The van der Waals surface area contributed by atoms with E-state index in [1.54, 1.807) is 14.2 Å². The average Bonchev–Trinajstić information content (AvgIpc) is 3.28. The molecular formula is C25H30N4O2S. The molecule has 0 amide bonds. The van der Waals surface area contributed by atoms with Gasteiger partial charge >= 0.3 is 0 Å². The lowest BCUT2D eigenvalue weighted by Crippen LogP contribution is -2.29. The van der Waals surface area contributed by atoms with E-state index < -0.39 is 0 Å². The number of methoxy groups -OCH3 is 2. The minimum Gasteiger partial charge on any atom is -0.497 e. The summed E-state index contributed by atoms with van der Waals surface area (Å²) in [4.78, 5) is 6.93. The molecule has 0 bridgehead atoms. The highest BCUT2D eigenvalue weighted by Gasteiger charge is 2.41. The van der Waals surface area contributed by atoms with Crippen LogP contribution in [-0.4, -0.2) is 40.4 Å². The number of nitrogens with one attached hydrogen (secondary N) is 1. The van der Waals surface area contributed by atoms with Gasteiger partial charge in [0.05, 0.1) is 31.5 Å². The van der Waals surface area contributed by atoms with Crippen molar-refractivity contribution in [3.05, 3.63) is 82.9 Å². The van der Waals surface area contributed by atoms with Crippen molar-refractivity contribution in [1.82, 2.24) is 19.8 Å². The van der Waals surface area contributed by atoms with Crippen molar-refractivity contribution >= 4 is 17.3 Å². The van der Waals surface area contributed by atoms with E-state index in [1.807, 2.05) is 30.5 Å². The van der Waals surface area contributed by atoms with Crippen LogP contribution in [0.1, 0.15) is 40.3 Å². The third-order valence-electron chi connectivity index (χ3n) is 6.16. The lowest BCUT2D eigenvalue weighted by atomic mass is 9.96. The van der Waals surface area contributed by atoms with Gasteiger partial charge in [0.15, 0.2) is 5.11 Å². The molecule has 0 radical (unpaired) electrons. The first-order valence-corrected chi connectivity index (χ1v) is 11.2. The molecule has 3 aromatic rings. The molecule has 1 aromatic carbocycles. The number of rotatable bonds is 8. The van der Waals surface area contributed by atoms with Gasteiger partial charge in [-0.3, -0.25) is 4.98 Å². The van der Waals surface area contributed by atoms with Gasteiger partial charge in [-0.15, -0.1) is 0 Å². The number of aromatic nitrogens is 2. The number of thiocarbonyl (C=S) groups is 1. The summed E-state index contributed by atoms with van der Waals surface area (Å²) in [5.74, 6) is 0.848. The standard InChI is InChI=1S/C25H30N4O2S/c1-17-15-21(18(2)28(17)13-14-30-3)24-23(22-7-5-6-12-26-22)27-25(32)29(24)16-19-8-10-20(31-4)11-9-19/h5-12,15,23-24H,13-14,16H2,1-4H3,(H,27,32)/t23-,24-/m0/s1. The number of aryl methyl sites for hydroxylation is 1. The molecule has 1 aliphatic heterocycles. The predicted octanol–water partition coefficient (Wildman–Crippen LogP) is 4.33. The number of ether oxygens (including phenoxy) is 2. The molecule has 32 heavy (non-hydrogen) atoms. The van der Waals surface area contributed by atoms with Gasteiger partial charge in [-0.25, -0.2) is 0 Å². The monoisotopic (exact) mass is 450 g/mol. The molecule has 168 valence electrons. The Hall–Kier alpha value is -2.90. The molecule has 0 aliphatic carbocycles. The molecule has 1 saturated heterocycles. The van der Waals surface area contributed by atoms with Gasteiger partial charge in [-0.2, -0.15) is 0 Å². The van der Waals surface area contributed by atoms with Gasteiger partial charge in [0.2, 0.25) is 0 Å². The second-order valence-electron chi connectivity index (χ2n) is 8.07. The van der Waals surface area contributed by atoms with Gasteiger partial charge in [0.25, 0.3) is 0 Å². The van der Waals surface area contributed by atoms with Gasteiger partial charge < -0.3 is 24.3 Å². The van der Waals surface area contributed by atoms with E-state index >= 15 is 0 Å². The van der Waals surface area contributed by atoms with E-state index in [0.29, 0.717) is 13.2 Å². The van der Waals surface area contributed by atoms with Gasteiger partial charge in [0, 0.05) is 37.8 Å². The molecule has 0 saturated carbocycles. The van der Waals surface area contributed by atoms with E-state index in [-0.39, 0.29) is 12.1 Å². The highest BCUT2D eigenvalue weighted by Crippen LogP contribution is 2.41. The maximum Gasteiger partial charge on any atom is 0.170 e. The van der Waals surface area contributed by atoms with Gasteiger partial charge in [-0.05, 0) is 67.5 Å². The predicted molar refractivity (Wildman–Crippen MR) is 130 cm³/mol. The molecule has 2 aromatic heterocycles. The summed E-state index contributed by atoms with van der Waals surface area (Å²) in [5, 5.41) is 4.29. The molecule has 3 heterocycles. The summed E-state index contributed by atoms with van der Waals surface area (Å²) in [5.41, 5.74) is 5.87. The molecule has 7 heteroatoms. The zero-order valence-corrected chi connectivity index (χ0v) is 19.9.